The summed E-state index contributed by atoms with van der Waals surface area (Å²) in [5.41, 5.74) is -1.37. The van der Waals surface area contributed by atoms with Crippen LogP contribution in [0.5, 0.6) is 0 Å². The van der Waals surface area contributed by atoms with E-state index in [-0.39, 0.29) is 6.61 Å². The molecule has 200 valence electrons. The largest absolute Gasteiger partial charge is 0.328 e. The van der Waals surface area contributed by atoms with Gasteiger partial charge in [0.05, 0.1) is 12.2 Å². The van der Waals surface area contributed by atoms with Crippen LogP contribution in [0.2, 0.25) is 0 Å². The number of rotatable bonds is 22. The SMILES string of the molecule is CC(C)CCCCCCCC(CCCCCCCC(C)C)(OP(O)O)C(C)(C)COP(O)O. The molecule has 0 aromatic carbocycles. The van der Waals surface area contributed by atoms with Crippen molar-refractivity contribution in [2.24, 2.45) is 17.3 Å². The lowest BCUT2D eigenvalue weighted by atomic mass is 9.70. The van der Waals surface area contributed by atoms with Crippen molar-refractivity contribution in [2.45, 2.75) is 137 Å². The Morgan fingerprint density at radius 2 is 1.00 bits per heavy atom. The molecule has 0 atom stereocenters. The summed E-state index contributed by atoms with van der Waals surface area (Å²) in [6.07, 6.45) is 15.3. The van der Waals surface area contributed by atoms with Gasteiger partial charge in [0.2, 0.25) is 0 Å². The van der Waals surface area contributed by atoms with Gasteiger partial charge in [0.1, 0.15) is 0 Å². The van der Waals surface area contributed by atoms with Crippen LogP contribution in [-0.2, 0) is 9.05 Å². The van der Waals surface area contributed by atoms with Gasteiger partial charge in [-0.15, -0.1) is 0 Å². The number of unbranched alkanes of at least 4 members (excludes halogenated alkanes) is 8. The van der Waals surface area contributed by atoms with Crippen LogP contribution in [0.15, 0.2) is 0 Å². The van der Waals surface area contributed by atoms with Crippen molar-refractivity contribution < 1.29 is 28.6 Å². The minimum atomic E-state index is -2.53. The highest BCUT2D eigenvalue weighted by Crippen LogP contribution is 2.50. The predicted octanol–water partition coefficient (Wildman–Crippen LogP) is 7.98. The van der Waals surface area contributed by atoms with Crippen molar-refractivity contribution in [1.29, 1.82) is 0 Å². The Kier molecular flexibility index (Phi) is 19.2. The average Bonchev–Trinajstić information content (AvgIpc) is 2.69. The zero-order valence-electron chi connectivity index (χ0n) is 22.3. The van der Waals surface area contributed by atoms with Crippen LogP contribution in [0.25, 0.3) is 0 Å². The van der Waals surface area contributed by atoms with Crippen LogP contribution >= 0.6 is 17.2 Å². The average molecular weight is 513 g/mol. The highest BCUT2D eigenvalue weighted by atomic mass is 31.2. The molecule has 0 bridgehead atoms. The first kappa shape index (κ1) is 33.6. The van der Waals surface area contributed by atoms with Crippen LogP contribution in [-0.4, -0.2) is 31.8 Å². The first-order valence-electron chi connectivity index (χ1n) is 13.1. The van der Waals surface area contributed by atoms with Crippen LogP contribution in [0.4, 0.5) is 0 Å². The van der Waals surface area contributed by atoms with E-state index >= 15 is 0 Å². The molecule has 6 nitrogen and oxygen atoms in total. The maximum absolute atomic E-state index is 9.84. The van der Waals surface area contributed by atoms with Gasteiger partial charge >= 0.3 is 17.2 Å². The third kappa shape index (κ3) is 16.8. The van der Waals surface area contributed by atoms with Gasteiger partial charge in [-0.3, -0.25) is 0 Å². The Morgan fingerprint density at radius 3 is 1.36 bits per heavy atom. The lowest BCUT2D eigenvalue weighted by Gasteiger charge is -2.46. The molecule has 0 aromatic heterocycles. The molecule has 0 saturated carbocycles. The van der Waals surface area contributed by atoms with E-state index in [2.05, 4.69) is 27.7 Å². The predicted molar refractivity (Wildman–Crippen MR) is 141 cm³/mol. The molecule has 8 heteroatoms. The third-order valence-corrected chi connectivity index (χ3v) is 7.63. The van der Waals surface area contributed by atoms with Crippen LogP contribution < -0.4 is 0 Å². The number of hydrogen-bond donors (Lipinski definition) is 4. The smallest absolute Gasteiger partial charge is 0.327 e. The van der Waals surface area contributed by atoms with Crippen molar-refractivity contribution >= 4 is 17.2 Å². The molecule has 0 spiro atoms. The van der Waals surface area contributed by atoms with Crippen molar-refractivity contribution in [1.82, 2.24) is 0 Å². The van der Waals surface area contributed by atoms with E-state index in [1.807, 2.05) is 13.8 Å². The maximum atomic E-state index is 9.84. The summed E-state index contributed by atoms with van der Waals surface area (Å²) in [6, 6.07) is 0. The second-order valence-corrected chi connectivity index (χ2v) is 12.6. The van der Waals surface area contributed by atoms with Crippen molar-refractivity contribution in [2.75, 3.05) is 6.61 Å². The van der Waals surface area contributed by atoms with Crippen molar-refractivity contribution in [3.8, 4) is 0 Å². The maximum Gasteiger partial charge on any atom is 0.327 e. The Balaban J connectivity index is 5.00. The van der Waals surface area contributed by atoms with Crippen molar-refractivity contribution in [3.05, 3.63) is 0 Å². The quantitative estimate of drug-likeness (QED) is 0.0867. The molecule has 0 aliphatic carbocycles. The summed E-state index contributed by atoms with van der Waals surface area (Å²) < 4.78 is 11.1. The zero-order valence-corrected chi connectivity index (χ0v) is 24.0. The van der Waals surface area contributed by atoms with Crippen LogP contribution in [0, 0.1) is 17.3 Å². The molecule has 33 heavy (non-hydrogen) atoms. The molecule has 0 radical (unpaired) electrons. The first-order chi connectivity index (χ1) is 15.4. The summed E-state index contributed by atoms with van der Waals surface area (Å²) >= 11 is 0. The summed E-state index contributed by atoms with van der Waals surface area (Å²) in [4.78, 5) is 38.3. The standard InChI is InChI=1S/C25H54O6P2/c1-22(2)17-13-9-7-11-15-19-25(31-33(28)29,24(5,6)21-30-32(26)27)20-16-12-8-10-14-18-23(3)4/h22-23,26-29H,7-21H2,1-6H3. The molecular weight excluding hydrogens is 458 g/mol. The van der Waals surface area contributed by atoms with Gasteiger partial charge in [-0.2, -0.15) is 0 Å². The molecule has 0 aliphatic heterocycles. The molecular formula is C25H54O6P2. The summed E-state index contributed by atoms with van der Waals surface area (Å²) in [5, 5.41) is 0. The molecule has 0 unspecified atom stereocenters. The van der Waals surface area contributed by atoms with Gasteiger partial charge in [0, 0.05) is 5.41 Å². The van der Waals surface area contributed by atoms with Crippen LogP contribution in [0.3, 0.4) is 0 Å². The highest BCUT2D eigenvalue weighted by Gasteiger charge is 2.47. The monoisotopic (exact) mass is 512 g/mol. The lowest BCUT2D eigenvalue weighted by Crippen LogP contribution is -2.48. The fraction of sp³-hybridized carbons (Fsp3) is 1.00. The van der Waals surface area contributed by atoms with E-state index in [1.54, 1.807) is 0 Å². The lowest BCUT2D eigenvalue weighted by molar-refractivity contribution is -0.0858. The summed E-state index contributed by atoms with van der Waals surface area (Å²) in [7, 11) is -4.99. The normalized spacial score (nSPS) is 13.3. The molecule has 0 amide bonds. The van der Waals surface area contributed by atoms with E-state index in [0.29, 0.717) is 12.8 Å². The van der Waals surface area contributed by atoms with Gasteiger partial charge in [0.15, 0.2) is 0 Å². The van der Waals surface area contributed by atoms with Gasteiger partial charge in [-0.05, 0) is 24.7 Å². The Hall–Kier alpha value is 0.620. The Morgan fingerprint density at radius 1 is 0.606 bits per heavy atom. The van der Waals surface area contributed by atoms with Gasteiger partial charge in [0.25, 0.3) is 0 Å². The minimum Gasteiger partial charge on any atom is -0.328 e. The fourth-order valence-electron chi connectivity index (χ4n) is 4.51. The van der Waals surface area contributed by atoms with E-state index < -0.39 is 28.2 Å². The fourth-order valence-corrected chi connectivity index (χ4v) is 5.69. The molecule has 4 N–H and O–H groups in total. The molecule has 0 rings (SSSR count). The van der Waals surface area contributed by atoms with E-state index in [1.165, 1.54) is 51.4 Å². The zero-order chi connectivity index (χ0) is 25.3. The number of hydrogen-bond acceptors (Lipinski definition) is 6. The second kappa shape index (κ2) is 18.8. The van der Waals surface area contributed by atoms with Gasteiger partial charge in [-0.1, -0.05) is 119 Å². The Labute approximate surface area is 206 Å². The molecule has 0 heterocycles. The van der Waals surface area contributed by atoms with Gasteiger partial charge < -0.3 is 28.6 Å². The summed E-state index contributed by atoms with van der Waals surface area (Å²) in [6.45, 7) is 13.1. The van der Waals surface area contributed by atoms with E-state index in [9.17, 15) is 19.6 Å². The van der Waals surface area contributed by atoms with E-state index in [0.717, 1.165) is 37.5 Å². The second-order valence-electron chi connectivity index (χ2n) is 11.1. The summed E-state index contributed by atoms with van der Waals surface area (Å²) in [5.74, 6) is 1.49. The topological polar surface area (TPSA) is 99.4 Å². The molecule has 0 aromatic rings. The van der Waals surface area contributed by atoms with Gasteiger partial charge in [-0.25, -0.2) is 0 Å². The first-order valence-corrected chi connectivity index (χ1v) is 15.4. The minimum absolute atomic E-state index is 0.0949. The molecule has 0 saturated heterocycles. The third-order valence-electron chi connectivity index (χ3n) is 6.75. The van der Waals surface area contributed by atoms with Crippen LogP contribution in [0.1, 0.15) is 131 Å². The highest BCUT2D eigenvalue weighted by molar-refractivity contribution is 7.39. The molecule has 0 aliphatic rings. The van der Waals surface area contributed by atoms with E-state index in [4.69, 9.17) is 9.05 Å². The Bertz CT molecular complexity index is 436. The molecule has 0 fully saturated rings. The van der Waals surface area contributed by atoms with Crippen molar-refractivity contribution in [3.63, 3.8) is 0 Å².